The first-order chi connectivity index (χ1) is 7.39. The van der Waals surface area contributed by atoms with Gasteiger partial charge in [0, 0.05) is 24.2 Å². The van der Waals surface area contributed by atoms with Crippen molar-refractivity contribution < 1.29 is 4.79 Å². The van der Waals surface area contributed by atoms with Crippen molar-refractivity contribution in [3.05, 3.63) is 17.7 Å². The van der Waals surface area contributed by atoms with E-state index < -0.39 is 0 Å². The summed E-state index contributed by atoms with van der Waals surface area (Å²) in [6, 6.07) is -0.365. The zero-order chi connectivity index (χ0) is 11.9. The number of amides is 2. The van der Waals surface area contributed by atoms with Crippen molar-refractivity contribution in [2.75, 3.05) is 6.54 Å². The van der Waals surface area contributed by atoms with Crippen molar-refractivity contribution in [1.82, 2.24) is 14.5 Å². The van der Waals surface area contributed by atoms with Crippen LogP contribution in [0.25, 0.3) is 0 Å². The molecule has 0 aliphatic carbocycles. The second-order valence-electron chi connectivity index (χ2n) is 5.19. The fraction of sp³-hybridized carbons (Fsp3) is 0.636. The number of primary amides is 1. The summed E-state index contributed by atoms with van der Waals surface area (Å²) in [6.07, 6.45) is 2.69. The van der Waals surface area contributed by atoms with Crippen molar-refractivity contribution in [3.63, 3.8) is 0 Å². The van der Waals surface area contributed by atoms with Gasteiger partial charge in [0.25, 0.3) is 0 Å². The van der Waals surface area contributed by atoms with E-state index in [1.54, 1.807) is 4.90 Å². The summed E-state index contributed by atoms with van der Waals surface area (Å²) in [5.41, 5.74) is 7.51. The summed E-state index contributed by atoms with van der Waals surface area (Å²) in [5, 5.41) is 0. The number of rotatable bonds is 0. The molecule has 0 saturated carbocycles. The van der Waals surface area contributed by atoms with E-state index in [0.717, 1.165) is 12.1 Å². The first kappa shape index (κ1) is 11.0. The van der Waals surface area contributed by atoms with Crippen LogP contribution in [0.1, 0.15) is 32.2 Å². The lowest BCUT2D eigenvalue weighted by Gasteiger charge is -2.29. The average molecular weight is 222 g/mol. The molecule has 88 valence electrons. The molecular formula is C11H18N4O. The summed E-state index contributed by atoms with van der Waals surface area (Å²) < 4.78 is 2.18. The van der Waals surface area contributed by atoms with Crippen LogP contribution >= 0.6 is 0 Å². The van der Waals surface area contributed by atoms with Gasteiger partial charge in [-0.3, -0.25) is 0 Å². The summed E-state index contributed by atoms with van der Waals surface area (Å²) in [5.74, 6) is 0. The van der Waals surface area contributed by atoms with Crippen LogP contribution in [0.5, 0.6) is 0 Å². The number of fused-ring (bicyclic) bond motifs is 1. The summed E-state index contributed by atoms with van der Waals surface area (Å²) in [6.45, 7) is 7.66. The second-order valence-corrected chi connectivity index (χ2v) is 5.19. The molecule has 5 heteroatoms. The van der Waals surface area contributed by atoms with Crippen LogP contribution in [0.4, 0.5) is 4.79 Å². The number of carbonyl (C=O) groups excluding carboxylic acids is 1. The largest absolute Gasteiger partial charge is 0.351 e. The maximum atomic E-state index is 11.1. The van der Waals surface area contributed by atoms with Crippen molar-refractivity contribution in [2.24, 2.45) is 5.73 Å². The molecule has 1 aromatic heterocycles. The molecule has 1 aliphatic heterocycles. The topological polar surface area (TPSA) is 64.2 Å². The zero-order valence-corrected chi connectivity index (χ0v) is 10.0. The first-order valence-electron chi connectivity index (χ1n) is 5.49. The van der Waals surface area contributed by atoms with E-state index in [-0.39, 0.29) is 11.6 Å². The Hall–Kier alpha value is -1.52. The van der Waals surface area contributed by atoms with E-state index in [2.05, 4.69) is 30.3 Å². The van der Waals surface area contributed by atoms with Gasteiger partial charge in [-0.2, -0.15) is 0 Å². The molecule has 0 atom stereocenters. The quantitative estimate of drug-likeness (QED) is 0.713. The molecule has 0 spiro atoms. The fourth-order valence-corrected chi connectivity index (χ4v) is 2.07. The molecule has 2 amide bonds. The van der Waals surface area contributed by atoms with Gasteiger partial charge in [0.15, 0.2) is 0 Å². The predicted molar refractivity (Wildman–Crippen MR) is 60.9 cm³/mol. The SMILES string of the molecule is CC(C)(C)n1cnc2c1CCN(C(N)=O)C2. The van der Waals surface area contributed by atoms with Crippen LogP contribution < -0.4 is 5.73 Å². The Morgan fingerprint density at radius 2 is 2.19 bits per heavy atom. The van der Waals surface area contributed by atoms with Crippen LogP contribution in [0, 0.1) is 0 Å². The molecule has 1 aliphatic rings. The van der Waals surface area contributed by atoms with Gasteiger partial charge in [-0.15, -0.1) is 0 Å². The molecule has 1 aromatic rings. The molecule has 16 heavy (non-hydrogen) atoms. The molecule has 0 bridgehead atoms. The predicted octanol–water partition coefficient (Wildman–Crippen LogP) is 1.07. The number of carbonyl (C=O) groups is 1. The highest BCUT2D eigenvalue weighted by Crippen LogP contribution is 2.23. The highest BCUT2D eigenvalue weighted by Gasteiger charge is 2.26. The Bertz CT molecular complexity index is 416. The Morgan fingerprint density at radius 3 is 2.75 bits per heavy atom. The maximum absolute atomic E-state index is 11.1. The number of aromatic nitrogens is 2. The first-order valence-corrected chi connectivity index (χ1v) is 5.49. The van der Waals surface area contributed by atoms with Gasteiger partial charge in [0.05, 0.1) is 18.6 Å². The summed E-state index contributed by atoms with van der Waals surface area (Å²) in [4.78, 5) is 17.1. The number of hydrogen-bond acceptors (Lipinski definition) is 2. The third kappa shape index (κ3) is 1.77. The van der Waals surface area contributed by atoms with E-state index in [4.69, 9.17) is 5.73 Å². The summed E-state index contributed by atoms with van der Waals surface area (Å²) >= 11 is 0. The van der Waals surface area contributed by atoms with Gasteiger partial charge < -0.3 is 15.2 Å². The van der Waals surface area contributed by atoms with Gasteiger partial charge >= 0.3 is 6.03 Å². The van der Waals surface area contributed by atoms with E-state index >= 15 is 0 Å². The maximum Gasteiger partial charge on any atom is 0.315 e. The molecule has 0 fully saturated rings. The number of nitrogens with zero attached hydrogens (tertiary/aromatic N) is 3. The van der Waals surface area contributed by atoms with E-state index in [1.807, 2.05) is 6.33 Å². The van der Waals surface area contributed by atoms with Gasteiger partial charge in [-0.05, 0) is 20.8 Å². The van der Waals surface area contributed by atoms with Gasteiger partial charge in [0.1, 0.15) is 0 Å². The minimum absolute atomic E-state index is 0.0372. The Labute approximate surface area is 95.2 Å². The third-order valence-electron chi connectivity index (χ3n) is 2.95. The van der Waals surface area contributed by atoms with Crippen molar-refractivity contribution in [2.45, 2.75) is 39.3 Å². The number of urea groups is 1. The Morgan fingerprint density at radius 1 is 1.50 bits per heavy atom. The molecule has 0 radical (unpaired) electrons. The van der Waals surface area contributed by atoms with E-state index in [9.17, 15) is 4.79 Å². The minimum Gasteiger partial charge on any atom is -0.351 e. The second kappa shape index (κ2) is 3.50. The Kier molecular flexibility index (Phi) is 2.40. The fourth-order valence-electron chi connectivity index (χ4n) is 2.07. The lowest BCUT2D eigenvalue weighted by Crippen LogP contribution is -2.40. The minimum atomic E-state index is -0.365. The van der Waals surface area contributed by atoms with Crippen molar-refractivity contribution in [1.29, 1.82) is 0 Å². The van der Waals surface area contributed by atoms with Crippen LogP contribution in [0.3, 0.4) is 0 Å². The van der Waals surface area contributed by atoms with Crippen LogP contribution in [0.2, 0.25) is 0 Å². The molecular weight excluding hydrogens is 204 g/mol. The molecule has 2 heterocycles. The van der Waals surface area contributed by atoms with Gasteiger partial charge in [0.2, 0.25) is 0 Å². The van der Waals surface area contributed by atoms with Crippen molar-refractivity contribution >= 4 is 6.03 Å². The van der Waals surface area contributed by atoms with Crippen LogP contribution in [-0.4, -0.2) is 27.0 Å². The van der Waals surface area contributed by atoms with Gasteiger partial charge in [-0.1, -0.05) is 0 Å². The monoisotopic (exact) mass is 222 g/mol. The van der Waals surface area contributed by atoms with Crippen molar-refractivity contribution in [3.8, 4) is 0 Å². The van der Waals surface area contributed by atoms with Crippen LogP contribution in [0.15, 0.2) is 6.33 Å². The molecule has 0 saturated heterocycles. The molecule has 5 nitrogen and oxygen atoms in total. The normalized spacial score (nSPS) is 16.1. The highest BCUT2D eigenvalue weighted by molar-refractivity contribution is 5.72. The van der Waals surface area contributed by atoms with E-state index in [1.165, 1.54) is 5.69 Å². The average Bonchev–Trinajstić information content (AvgIpc) is 2.58. The van der Waals surface area contributed by atoms with E-state index in [0.29, 0.717) is 13.1 Å². The molecule has 0 aromatic carbocycles. The molecule has 0 unspecified atom stereocenters. The highest BCUT2D eigenvalue weighted by atomic mass is 16.2. The van der Waals surface area contributed by atoms with Gasteiger partial charge in [-0.25, -0.2) is 9.78 Å². The molecule has 2 rings (SSSR count). The lowest BCUT2D eigenvalue weighted by atomic mass is 10.1. The number of hydrogen-bond donors (Lipinski definition) is 1. The third-order valence-corrected chi connectivity index (χ3v) is 2.95. The summed E-state index contributed by atoms with van der Waals surface area (Å²) in [7, 11) is 0. The smallest absolute Gasteiger partial charge is 0.315 e. The number of imidazole rings is 1. The standard InChI is InChI=1S/C11H18N4O/c1-11(2,3)15-7-13-8-6-14(10(12)16)5-4-9(8)15/h7H,4-6H2,1-3H3,(H2,12,16). The van der Waals surface area contributed by atoms with Crippen LogP contribution in [-0.2, 0) is 18.5 Å². The molecule has 2 N–H and O–H groups in total. The zero-order valence-electron chi connectivity index (χ0n) is 10.0. The Balaban J connectivity index is 2.31. The number of nitrogens with two attached hydrogens (primary N) is 1. The lowest BCUT2D eigenvalue weighted by molar-refractivity contribution is 0.200.